The van der Waals surface area contributed by atoms with E-state index in [1.54, 1.807) is 0 Å². The van der Waals surface area contributed by atoms with Crippen molar-refractivity contribution < 1.29 is 18.8 Å². The SMILES string of the molecule is NC(=O)ON1CCC(F)(C=O)CC1. The van der Waals surface area contributed by atoms with Gasteiger partial charge in [-0.25, -0.2) is 9.18 Å². The minimum absolute atomic E-state index is 0.0315. The minimum atomic E-state index is -1.77. The first kappa shape index (κ1) is 9.91. The standard InChI is InChI=1S/C7H11FN2O3/c8-7(5-11)1-3-10(4-2-7)13-6(9)12/h5H,1-4H2,(H2,9,12). The summed E-state index contributed by atoms with van der Waals surface area (Å²) in [6, 6.07) is 0. The maximum Gasteiger partial charge on any atom is 0.423 e. The van der Waals surface area contributed by atoms with Crippen LogP contribution in [-0.2, 0) is 9.63 Å². The second-order valence-electron chi connectivity index (χ2n) is 2.99. The number of rotatable bonds is 2. The zero-order valence-electron chi connectivity index (χ0n) is 7.03. The molecule has 0 saturated carbocycles. The number of hydroxylamine groups is 2. The molecule has 6 heteroatoms. The van der Waals surface area contributed by atoms with Gasteiger partial charge in [-0.3, -0.25) is 4.79 Å². The van der Waals surface area contributed by atoms with Crippen LogP contribution >= 0.6 is 0 Å². The summed E-state index contributed by atoms with van der Waals surface area (Å²) < 4.78 is 13.2. The third kappa shape index (κ3) is 2.66. The lowest BCUT2D eigenvalue weighted by atomic mass is 9.96. The fourth-order valence-corrected chi connectivity index (χ4v) is 1.19. The molecule has 13 heavy (non-hydrogen) atoms. The molecule has 0 bridgehead atoms. The first-order valence-corrected chi connectivity index (χ1v) is 3.93. The van der Waals surface area contributed by atoms with Crippen LogP contribution in [0, 0.1) is 0 Å². The Labute approximate surface area is 74.6 Å². The Kier molecular flexibility index (Phi) is 2.82. The number of primary amides is 1. The summed E-state index contributed by atoms with van der Waals surface area (Å²) in [4.78, 5) is 25.1. The molecule has 1 heterocycles. The largest absolute Gasteiger partial charge is 0.423 e. The van der Waals surface area contributed by atoms with Gasteiger partial charge in [0, 0.05) is 25.9 Å². The Morgan fingerprint density at radius 3 is 2.46 bits per heavy atom. The number of carbonyl (C=O) groups excluding carboxylic acids is 2. The number of hydrogen-bond acceptors (Lipinski definition) is 4. The van der Waals surface area contributed by atoms with Gasteiger partial charge in [-0.1, -0.05) is 0 Å². The van der Waals surface area contributed by atoms with Crippen LogP contribution in [0.3, 0.4) is 0 Å². The molecular weight excluding hydrogens is 179 g/mol. The Morgan fingerprint density at radius 1 is 1.54 bits per heavy atom. The summed E-state index contributed by atoms with van der Waals surface area (Å²) in [5.41, 5.74) is 2.99. The average Bonchev–Trinajstić information content (AvgIpc) is 2.09. The van der Waals surface area contributed by atoms with Crippen molar-refractivity contribution in [1.82, 2.24) is 5.06 Å². The van der Waals surface area contributed by atoms with Crippen LogP contribution in [0.25, 0.3) is 0 Å². The number of nitrogens with zero attached hydrogens (tertiary/aromatic N) is 1. The lowest BCUT2D eigenvalue weighted by Crippen LogP contribution is -2.44. The topological polar surface area (TPSA) is 72.6 Å². The first-order chi connectivity index (χ1) is 6.06. The van der Waals surface area contributed by atoms with Gasteiger partial charge in [0.15, 0.2) is 12.0 Å². The number of alkyl halides is 1. The summed E-state index contributed by atoms with van der Waals surface area (Å²) in [5, 5.41) is 1.25. The van der Waals surface area contributed by atoms with E-state index in [0.717, 1.165) is 0 Å². The van der Waals surface area contributed by atoms with Crippen LogP contribution in [0.2, 0.25) is 0 Å². The van der Waals surface area contributed by atoms with E-state index in [-0.39, 0.29) is 25.9 Å². The minimum Gasteiger partial charge on any atom is -0.351 e. The normalized spacial score (nSPS) is 22.2. The smallest absolute Gasteiger partial charge is 0.351 e. The second kappa shape index (κ2) is 3.69. The highest BCUT2D eigenvalue weighted by Crippen LogP contribution is 2.24. The van der Waals surface area contributed by atoms with Crippen LogP contribution in [0.1, 0.15) is 12.8 Å². The summed E-state index contributed by atoms with van der Waals surface area (Å²) in [6.07, 6.45) is -0.556. The van der Waals surface area contributed by atoms with E-state index >= 15 is 0 Å². The molecule has 74 valence electrons. The molecule has 0 aromatic carbocycles. The summed E-state index contributed by atoms with van der Waals surface area (Å²) in [7, 11) is 0. The molecule has 0 atom stereocenters. The van der Waals surface area contributed by atoms with E-state index in [4.69, 9.17) is 5.73 Å². The van der Waals surface area contributed by atoms with Crippen LogP contribution in [0.15, 0.2) is 0 Å². The van der Waals surface area contributed by atoms with Gasteiger partial charge in [0.05, 0.1) is 0 Å². The zero-order valence-corrected chi connectivity index (χ0v) is 7.03. The maximum absolute atomic E-state index is 13.2. The average molecular weight is 190 g/mol. The molecule has 5 nitrogen and oxygen atoms in total. The van der Waals surface area contributed by atoms with Gasteiger partial charge in [0.25, 0.3) is 0 Å². The highest BCUT2D eigenvalue weighted by atomic mass is 19.1. The third-order valence-corrected chi connectivity index (χ3v) is 1.98. The van der Waals surface area contributed by atoms with Crippen molar-refractivity contribution >= 4 is 12.4 Å². The molecule has 1 amide bonds. The molecule has 0 aromatic heterocycles. The molecule has 1 fully saturated rings. The Bertz CT molecular complexity index is 214. The van der Waals surface area contributed by atoms with Crippen molar-refractivity contribution in [3.05, 3.63) is 0 Å². The van der Waals surface area contributed by atoms with Gasteiger partial charge >= 0.3 is 6.09 Å². The number of amides is 1. The number of piperidine rings is 1. The van der Waals surface area contributed by atoms with Crippen LogP contribution < -0.4 is 5.73 Å². The fourth-order valence-electron chi connectivity index (χ4n) is 1.19. The molecule has 2 N–H and O–H groups in total. The fraction of sp³-hybridized carbons (Fsp3) is 0.714. The quantitative estimate of drug-likeness (QED) is 0.622. The molecule has 1 aliphatic rings. The molecule has 0 unspecified atom stereocenters. The lowest BCUT2D eigenvalue weighted by Gasteiger charge is -2.30. The summed E-state index contributed by atoms with van der Waals surface area (Å²) >= 11 is 0. The Hall–Kier alpha value is -1.17. The van der Waals surface area contributed by atoms with Crippen molar-refractivity contribution in [2.24, 2.45) is 5.73 Å². The van der Waals surface area contributed by atoms with Gasteiger partial charge in [0.1, 0.15) is 0 Å². The van der Waals surface area contributed by atoms with Crippen LogP contribution in [0.4, 0.5) is 9.18 Å². The van der Waals surface area contributed by atoms with E-state index in [1.165, 1.54) is 5.06 Å². The van der Waals surface area contributed by atoms with Crippen molar-refractivity contribution in [2.75, 3.05) is 13.1 Å². The highest BCUT2D eigenvalue weighted by molar-refractivity contribution is 5.64. The van der Waals surface area contributed by atoms with Gasteiger partial charge in [0.2, 0.25) is 0 Å². The van der Waals surface area contributed by atoms with Crippen LogP contribution in [-0.4, -0.2) is 36.2 Å². The second-order valence-corrected chi connectivity index (χ2v) is 2.99. The van der Waals surface area contributed by atoms with Crippen LogP contribution in [0.5, 0.6) is 0 Å². The van der Waals surface area contributed by atoms with E-state index in [1.807, 2.05) is 0 Å². The van der Waals surface area contributed by atoms with E-state index in [0.29, 0.717) is 6.29 Å². The number of nitrogens with two attached hydrogens (primary N) is 1. The molecule has 1 saturated heterocycles. The molecule has 0 aliphatic carbocycles. The van der Waals surface area contributed by atoms with Gasteiger partial charge < -0.3 is 10.6 Å². The molecule has 0 spiro atoms. The number of halogens is 1. The Balaban J connectivity index is 2.38. The highest BCUT2D eigenvalue weighted by Gasteiger charge is 2.35. The molecule has 1 aliphatic heterocycles. The predicted octanol–water partition coefficient (Wildman–Crippen LogP) is -0.000300. The molecule has 1 rings (SSSR count). The predicted molar refractivity (Wildman–Crippen MR) is 41.4 cm³/mol. The summed E-state index contributed by atoms with van der Waals surface area (Å²) in [5.74, 6) is 0. The monoisotopic (exact) mass is 190 g/mol. The lowest BCUT2D eigenvalue weighted by molar-refractivity contribution is -0.142. The zero-order chi connectivity index (χ0) is 9.90. The van der Waals surface area contributed by atoms with Crippen molar-refractivity contribution in [3.8, 4) is 0 Å². The van der Waals surface area contributed by atoms with Crippen molar-refractivity contribution in [1.29, 1.82) is 0 Å². The first-order valence-electron chi connectivity index (χ1n) is 3.93. The summed E-state index contributed by atoms with van der Waals surface area (Å²) in [6.45, 7) is 0.385. The van der Waals surface area contributed by atoms with Gasteiger partial charge in [-0.05, 0) is 0 Å². The van der Waals surface area contributed by atoms with E-state index in [2.05, 4.69) is 4.84 Å². The van der Waals surface area contributed by atoms with Gasteiger partial charge in [-0.2, -0.15) is 0 Å². The maximum atomic E-state index is 13.2. The van der Waals surface area contributed by atoms with Gasteiger partial charge in [-0.15, -0.1) is 5.06 Å². The number of carbonyl (C=O) groups is 2. The van der Waals surface area contributed by atoms with E-state index < -0.39 is 11.8 Å². The molecular formula is C7H11FN2O3. The molecule has 0 aromatic rings. The van der Waals surface area contributed by atoms with Crippen molar-refractivity contribution in [3.63, 3.8) is 0 Å². The number of aldehydes is 1. The van der Waals surface area contributed by atoms with Crippen molar-refractivity contribution in [2.45, 2.75) is 18.5 Å². The Morgan fingerprint density at radius 2 is 2.08 bits per heavy atom. The van der Waals surface area contributed by atoms with E-state index in [9.17, 15) is 14.0 Å². The molecule has 0 radical (unpaired) electrons. The third-order valence-electron chi connectivity index (χ3n) is 1.98. The number of hydrogen-bond donors (Lipinski definition) is 1.